The van der Waals surface area contributed by atoms with Crippen molar-refractivity contribution >= 4 is 6.29 Å². The molecule has 1 aliphatic heterocycles. The number of carbonyl (C=O) groups excluding carboxylic acids is 1. The van der Waals surface area contributed by atoms with E-state index in [1.54, 1.807) is 12.1 Å². The van der Waals surface area contributed by atoms with Crippen LogP contribution < -0.4 is 4.74 Å². The van der Waals surface area contributed by atoms with Gasteiger partial charge in [-0.3, -0.25) is 4.79 Å². The molecular weight excluding hydrogens is 178 g/mol. The number of ether oxygens (including phenoxy) is 1. The SMILES string of the molecule is N#Cc1ccc(C=O)c2c1CCCO2. The van der Waals surface area contributed by atoms with Crippen molar-refractivity contribution in [2.24, 2.45) is 0 Å². The van der Waals surface area contributed by atoms with Crippen molar-refractivity contribution in [2.45, 2.75) is 12.8 Å². The van der Waals surface area contributed by atoms with Gasteiger partial charge >= 0.3 is 0 Å². The first-order valence-corrected chi connectivity index (χ1v) is 4.51. The van der Waals surface area contributed by atoms with Crippen LogP contribution in [-0.2, 0) is 6.42 Å². The zero-order chi connectivity index (χ0) is 9.97. The van der Waals surface area contributed by atoms with Gasteiger partial charge in [-0.05, 0) is 25.0 Å². The zero-order valence-corrected chi connectivity index (χ0v) is 7.62. The lowest BCUT2D eigenvalue weighted by Crippen LogP contribution is -2.11. The van der Waals surface area contributed by atoms with Crippen LogP contribution in [-0.4, -0.2) is 12.9 Å². The first-order chi connectivity index (χ1) is 6.86. The summed E-state index contributed by atoms with van der Waals surface area (Å²) in [5, 5.41) is 8.86. The van der Waals surface area contributed by atoms with Crippen LogP contribution in [0, 0.1) is 11.3 Å². The molecule has 1 aromatic rings. The molecule has 0 bridgehead atoms. The van der Waals surface area contributed by atoms with E-state index in [1.807, 2.05) is 0 Å². The summed E-state index contributed by atoms with van der Waals surface area (Å²) in [6.07, 6.45) is 2.50. The number of hydrogen-bond acceptors (Lipinski definition) is 3. The van der Waals surface area contributed by atoms with Crippen molar-refractivity contribution in [1.82, 2.24) is 0 Å². The van der Waals surface area contributed by atoms with E-state index in [0.717, 1.165) is 24.7 Å². The molecule has 0 radical (unpaired) electrons. The van der Waals surface area contributed by atoms with Crippen LogP contribution in [0.1, 0.15) is 27.9 Å². The number of rotatable bonds is 1. The molecule has 0 aromatic heterocycles. The topological polar surface area (TPSA) is 50.1 Å². The molecule has 0 spiro atoms. The minimum atomic E-state index is 0.540. The van der Waals surface area contributed by atoms with Gasteiger partial charge in [-0.1, -0.05) is 0 Å². The van der Waals surface area contributed by atoms with Gasteiger partial charge in [-0.25, -0.2) is 0 Å². The summed E-state index contributed by atoms with van der Waals surface area (Å²) in [7, 11) is 0. The molecule has 0 unspecified atom stereocenters. The van der Waals surface area contributed by atoms with Gasteiger partial charge in [-0.15, -0.1) is 0 Å². The fourth-order valence-electron chi connectivity index (χ4n) is 1.69. The first kappa shape index (κ1) is 8.76. The Kier molecular flexibility index (Phi) is 2.19. The number of hydrogen-bond donors (Lipinski definition) is 0. The van der Waals surface area contributed by atoms with Gasteiger partial charge in [0.15, 0.2) is 6.29 Å². The summed E-state index contributed by atoms with van der Waals surface area (Å²) in [4.78, 5) is 10.7. The van der Waals surface area contributed by atoms with Crippen LogP contribution >= 0.6 is 0 Å². The number of carbonyl (C=O) groups is 1. The Balaban J connectivity index is 2.63. The smallest absolute Gasteiger partial charge is 0.153 e. The fraction of sp³-hybridized carbons (Fsp3) is 0.273. The molecule has 0 saturated heterocycles. The summed E-state index contributed by atoms with van der Waals surface area (Å²) in [5.74, 6) is 0.602. The summed E-state index contributed by atoms with van der Waals surface area (Å²) >= 11 is 0. The molecule has 1 aromatic carbocycles. The Morgan fingerprint density at radius 3 is 3.07 bits per heavy atom. The van der Waals surface area contributed by atoms with Gasteiger partial charge < -0.3 is 4.74 Å². The maximum absolute atomic E-state index is 10.7. The highest BCUT2D eigenvalue weighted by Gasteiger charge is 2.17. The Morgan fingerprint density at radius 2 is 2.36 bits per heavy atom. The lowest BCUT2D eigenvalue weighted by atomic mass is 9.98. The second-order valence-electron chi connectivity index (χ2n) is 3.19. The molecule has 0 aliphatic carbocycles. The van der Waals surface area contributed by atoms with Crippen molar-refractivity contribution in [3.05, 3.63) is 28.8 Å². The largest absolute Gasteiger partial charge is 0.492 e. The van der Waals surface area contributed by atoms with Crippen LogP contribution in [0.3, 0.4) is 0 Å². The normalized spacial score (nSPS) is 13.6. The molecule has 3 heteroatoms. The van der Waals surface area contributed by atoms with Crippen LogP contribution in [0.25, 0.3) is 0 Å². The highest BCUT2D eigenvalue weighted by molar-refractivity contribution is 5.81. The zero-order valence-electron chi connectivity index (χ0n) is 7.62. The molecule has 2 rings (SSSR count). The lowest BCUT2D eigenvalue weighted by molar-refractivity contribution is 0.111. The van der Waals surface area contributed by atoms with Crippen molar-refractivity contribution < 1.29 is 9.53 Å². The van der Waals surface area contributed by atoms with E-state index < -0.39 is 0 Å². The first-order valence-electron chi connectivity index (χ1n) is 4.51. The minimum Gasteiger partial charge on any atom is -0.492 e. The molecule has 0 saturated carbocycles. The Bertz CT molecular complexity index is 418. The van der Waals surface area contributed by atoms with E-state index in [4.69, 9.17) is 10.00 Å². The van der Waals surface area contributed by atoms with Crippen molar-refractivity contribution in [1.29, 1.82) is 5.26 Å². The molecule has 70 valence electrons. The third-order valence-electron chi connectivity index (χ3n) is 2.36. The molecular formula is C11H9NO2. The maximum atomic E-state index is 10.7. The van der Waals surface area contributed by atoms with E-state index in [1.165, 1.54) is 0 Å². The standard InChI is InChI=1S/C11H9NO2/c12-6-8-3-4-9(7-13)11-10(8)2-1-5-14-11/h3-4,7H,1-2,5H2. The van der Waals surface area contributed by atoms with Gasteiger partial charge in [0.05, 0.1) is 23.8 Å². The summed E-state index contributed by atoms with van der Waals surface area (Å²) in [6.45, 7) is 0.628. The van der Waals surface area contributed by atoms with Gasteiger partial charge in [0, 0.05) is 5.56 Å². The van der Waals surface area contributed by atoms with E-state index in [2.05, 4.69) is 6.07 Å². The average molecular weight is 187 g/mol. The molecule has 3 nitrogen and oxygen atoms in total. The number of nitrogens with zero attached hydrogens (tertiary/aromatic N) is 1. The molecule has 0 fully saturated rings. The number of aldehydes is 1. The van der Waals surface area contributed by atoms with Crippen molar-refractivity contribution in [3.63, 3.8) is 0 Å². The summed E-state index contributed by atoms with van der Waals surface area (Å²) in [6, 6.07) is 5.42. The molecule has 0 amide bonds. The second-order valence-corrected chi connectivity index (χ2v) is 3.19. The fourth-order valence-corrected chi connectivity index (χ4v) is 1.69. The third kappa shape index (κ3) is 1.25. The van der Waals surface area contributed by atoms with Gasteiger partial charge in [0.2, 0.25) is 0 Å². The van der Waals surface area contributed by atoms with Gasteiger partial charge in [-0.2, -0.15) is 5.26 Å². The second kappa shape index (κ2) is 3.51. The summed E-state index contributed by atoms with van der Waals surface area (Å²) < 4.78 is 5.41. The highest BCUT2D eigenvalue weighted by Crippen LogP contribution is 2.30. The average Bonchev–Trinajstić information content (AvgIpc) is 2.27. The predicted molar refractivity (Wildman–Crippen MR) is 50.4 cm³/mol. The van der Waals surface area contributed by atoms with Crippen molar-refractivity contribution in [2.75, 3.05) is 6.61 Å². The minimum absolute atomic E-state index is 0.540. The molecule has 0 atom stereocenters. The maximum Gasteiger partial charge on any atom is 0.153 e. The Labute approximate surface area is 81.9 Å². The number of benzene rings is 1. The van der Waals surface area contributed by atoms with E-state index in [9.17, 15) is 4.79 Å². The van der Waals surface area contributed by atoms with Gasteiger partial charge in [0.25, 0.3) is 0 Å². The van der Waals surface area contributed by atoms with Crippen LogP contribution in [0.4, 0.5) is 0 Å². The molecule has 0 N–H and O–H groups in total. The van der Waals surface area contributed by atoms with Crippen LogP contribution in [0.2, 0.25) is 0 Å². The number of nitriles is 1. The van der Waals surface area contributed by atoms with Crippen molar-refractivity contribution in [3.8, 4) is 11.8 Å². The van der Waals surface area contributed by atoms with E-state index >= 15 is 0 Å². The Morgan fingerprint density at radius 1 is 1.50 bits per heavy atom. The monoisotopic (exact) mass is 187 g/mol. The Hall–Kier alpha value is -1.82. The van der Waals surface area contributed by atoms with E-state index in [0.29, 0.717) is 23.5 Å². The van der Waals surface area contributed by atoms with E-state index in [-0.39, 0.29) is 0 Å². The van der Waals surface area contributed by atoms with Gasteiger partial charge in [0.1, 0.15) is 5.75 Å². The lowest BCUT2D eigenvalue weighted by Gasteiger charge is -2.19. The quantitative estimate of drug-likeness (QED) is 0.628. The molecule has 1 aliphatic rings. The van der Waals surface area contributed by atoms with Crippen LogP contribution in [0.5, 0.6) is 5.75 Å². The third-order valence-corrected chi connectivity index (χ3v) is 2.36. The molecule has 14 heavy (non-hydrogen) atoms. The highest BCUT2D eigenvalue weighted by atomic mass is 16.5. The number of fused-ring (bicyclic) bond motifs is 1. The van der Waals surface area contributed by atoms with Crippen LogP contribution in [0.15, 0.2) is 12.1 Å². The predicted octanol–water partition coefficient (Wildman–Crippen LogP) is 1.70. The molecule has 1 heterocycles. The summed E-state index contributed by atoms with van der Waals surface area (Å²) in [5.41, 5.74) is 2.03.